The molecule has 18 heavy (non-hydrogen) atoms. The lowest BCUT2D eigenvalue weighted by atomic mass is 10.2. The van der Waals surface area contributed by atoms with Crippen LogP contribution in [-0.2, 0) is 17.8 Å². The summed E-state index contributed by atoms with van der Waals surface area (Å²) in [5.74, 6) is 0.840. The molecule has 0 spiro atoms. The fraction of sp³-hybridized carbons (Fsp3) is 0.231. The molecule has 1 heterocycles. The molecule has 0 aliphatic heterocycles. The first-order valence-corrected chi connectivity index (χ1v) is 6.58. The normalized spacial score (nSPS) is 10.3. The summed E-state index contributed by atoms with van der Waals surface area (Å²) in [7, 11) is 1.65. The topological polar surface area (TPSA) is 44.1 Å². The van der Waals surface area contributed by atoms with Gasteiger partial charge in [0, 0.05) is 13.0 Å². The fourth-order valence-corrected chi connectivity index (χ4v) is 2.38. The largest absolute Gasteiger partial charge is 0.497 e. The maximum atomic E-state index is 10.7. The first-order chi connectivity index (χ1) is 8.74. The maximum Gasteiger partial charge on any atom is 0.125 e. The summed E-state index contributed by atoms with van der Waals surface area (Å²) in [4.78, 5) is 14.9. The number of imidazole rings is 1. The summed E-state index contributed by atoms with van der Waals surface area (Å²) in [5.41, 5.74) is 2.11. The molecule has 0 fully saturated rings. The van der Waals surface area contributed by atoms with E-state index in [1.54, 1.807) is 13.4 Å². The van der Waals surface area contributed by atoms with E-state index < -0.39 is 0 Å². The fourth-order valence-electron chi connectivity index (χ4n) is 1.73. The molecule has 0 radical (unpaired) electrons. The summed E-state index contributed by atoms with van der Waals surface area (Å²) >= 11 is 2.15. The molecule has 2 rings (SSSR count). The van der Waals surface area contributed by atoms with E-state index in [1.807, 2.05) is 28.8 Å². The van der Waals surface area contributed by atoms with Gasteiger partial charge in [0.05, 0.1) is 19.1 Å². The highest BCUT2D eigenvalue weighted by molar-refractivity contribution is 14.1. The Kier molecular flexibility index (Phi) is 4.35. The molecule has 1 aromatic carbocycles. The van der Waals surface area contributed by atoms with Gasteiger partial charge in [-0.05, 0) is 40.3 Å². The lowest BCUT2D eigenvalue weighted by molar-refractivity contribution is -0.107. The van der Waals surface area contributed by atoms with Gasteiger partial charge in [-0.1, -0.05) is 12.1 Å². The molecule has 1 aromatic heterocycles. The number of benzene rings is 1. The van der Waals surface area contributed by atoms with Gasteiger partial charge >= 0.3 is 0 Å². The van der Waals surface area contributed by atoms with Crippen LogP contribution in [0.2, 0.25) is 0 Å². The summed E-state index contributed by atoms with van der Waals surface area (Å²) in [6.45, 7) is 0.711. The first kappa shape index (κ1) is 13.1. The molecule has 0 atom stereocenters. The number of rotatable bonds is 5. The molecule has 0 N–H and O–H groups in total. The van der Waals surface area contributed by atoms with Gasteiger partial charge in [0.1, 0.15) is 15.7 Å². The predicted octanol–water partition coefficient (Wildman–Crippen LogP) is 2.29. The molecular weight excluding hydrogens is 343 g/mol. The Morgan fingerprint density at radius 1 is 1.39 bits per heavy atom. The standard InChI is InChI=1S/C13H13IN2O2/c1-18-11-4-2-10(3-5-11)8-16-9-15-13(14)12(16)6-7-17/h2-5,7,9H,6,8H2,1H3. The van der Waals surface area contributed by atoms with E-state index >= 15 is 0 Å². The summed E-state index contributed by atoms with van der Waals surface area (Å²) in [5, 5.41) is 0. The van der Waals surface area contributed by atoms with E-state index in [4.69, 9.17) is 4.74 Å². The van der Waals surface area contributed by atoms with Crippen LogP contribution in [0.1, 0.15) is 11.3 Å². The molecule has 0 unspecified atom stereocenters. The van der Waals surface area contributed by atoms with Crippen molar-refractivity contribution in [1.29, 1.82) is 0 Å². The highest BCUT2D eigenvalue weighted by Gasteiger charge is 2.08. The minimum Gasteiger partial charge on any atom is -0.497 e. The monoisotopic (exact) mass is 356 g/mol. The van der Waals surface area contributed by atoms with E-state index in [-0.39, 0.29) is 0 Å². The van der Waals surface area contributed by atoms with E-state index in [1.165, 1.54) is 0 Å². The summed E-state index contributed by atoms with van der Waals surface area (Å²) in [6, 6.07) is 7.88. The van der Waals surface area contributed by atoms with Gasteiger partial charge in [0.25, 0.3) is 0 Å². The number of halogens is 1. The van der Waals surface area contributed by atoms with Crippen molar-refractivity contribution in [2.24, 2.45) is 0 Å². The van der Waals surface area contributed by atoms with Crippen molar-refractivity contribution in [3.63, 3.8) is 0 Å². The van der Waals surface area contributed by atoms with Crippen LogP contribution in [0, 0.1) is 3.70 Å². The van der Waals surface area contributed by atoms with Crippen LogP contribution in [-0.4, -0.2) is 22.9 Å². The Hall–Kier alpha value is -1.37. The van der Waals surface area contributed by atoms with Gasteiger partial charge < -0.3 is 14.1 Å². The van der Waals surface area contributed by atoms with Crippen LogP contribution >= 0.6 is 22.6 Å². The maximum absolute atomic E-state index is 10.7. The van der Waals surface area contributed by atoms with Crippen molar-refractivity contribution in [2.75, 3.05) is 7.11 Å². The Bertz CT molecular complexity index is 534. The number of carbonyl (C=O) groups is 1. The van der Waals surface area contributed by atoms with E-state index in [0.717, 1.165) is 27.0 Å². The molecule has 0 bridgehead atoms. The molecule has 5 heteroatoms. The number of nitrogens with zero attached hydrogens (tertiary/aromatic N) is 2. The Labute approximate surface area is 119 Å². The lowest BCUT2D eigenvalue weighted by Crippen LogP contribution is -2.04. The number of carbonyl (C=O) groups excluding carboxylic acids is 1. The molecule has 0 saturated heterocycles. The van der Waals surface area contributed by atoms with Crippen LogP contribution in [0.3, 0.4) is 0 Å². The zero-order valence-electron chi connectivity index (χ0n) is 9.97. The summed E-state index contributed by atoms with van der Waals surface area (Å²) in [6.07, 6.45) is 3.07. The highest BCUT2D eigenvalue weighted by atomic mass is 127. The van der Waals surface area contributed by atoms with Gasteiger partial charge in [0.15, 0.2) is 0 Å². The Morgan fingerprint density at radius 3 is 2.72 bits per heavy atom. The van der Waals surface area contributed by atoms with Gasteiger partial charge in [-0.25, -0.2) is 4.98 Å². The van der Waals surface area contributed by atoms with Crippen LogP contribution in [0.4, 0.5) is 0 Å². The van der Waals surface area contributed by atoms with Gasteiger partial charge in [0.2, 0.25) is 0 Å². The van der Waals surface area contributed by atoms with E-state index in [9.17, 15) is 4.79 Å². The number of ether oxygens (including phenoxy) is 1. The molecule has 0 aliphatic rings. The quantitative estimate of drug-likeness (QED) is 0.610. The lowest BCUT2D eigenvalue weighted by Gasteiger charge is -2.07. The Balaban J connectivity index is 2.19. The number of methoxy groups -OCH3 is 1. The molecule has 0 saturated carbocycles. The predicted molar refractivity (Wildman–Crippen MR) is 76.8 cm³/mol. The minimum atomic E-state index is 0.397. The highest BCUT2D eigenvalue weighted by Crippen LogP contribution is 2.15. The number of hydrogen-bond donors (Lipinski definition) is 0. The molecule has 0 amide bonds. The van der Waals surface area contributed by atoms with Crippen molar-refractivity contribution in [3.05, 3.63) is 45.6 Å². The van der Waals surface area contributed by atoms with Crippen molar-refractivity contribution in [2.45, 2.75) is 13.0 Å². The van der Waals surface area contributed by atoms with Crippen LogP contribution in [0.15, 0.2) is 30.6 Å². The van der Waals surface area contributed by atoms with Crippen molar-refractivity contribution in [1.82, 2.24) is 9.55 Å². The molecular formula is C13H13IN2O2. The SMILES string of the molecule is COc1ccc(Cn2cnc(I)c2CC=O)cc1. The first-order valence-electron chi connectivity index (χ1n) is 5.50. The van der Waals surface area contributed by atoms with Gasteiger partial charge in [-0.3, -0.25) is 0 Å². The second-order valence-electron chi connectivity index (χ2n) is 3.83. The average molecular weight is 356 g/mol. The van der Waals surface area contributed by atoms with E-state index in [2.05, 4.69) is 27.6 Å². The van der Waals surface area contributed by atoms with Crippen LogP contribution in [0.25, 0.3) is 0 Å². The smallest absolute Gasteiger partial charge is 0.125 e. The number of aromatic nitrogens is 2. The third kappa shape index (κ3) is 2.90. The third-order valence-electron chi connectivity index (χ3n) is 2.68. The van der Waals surface area contributed by atoms with Gasteiger partial charge in [-0.15, -0.1) is 0 Å². The third-order valence-corrected chi connectivity index (χ3v) is 3.59. The van der Waals surface area contributed by atoms with Crippen molar-refractivity contribution < 1.29 is 9.53 Å². The van der Waals surface area contributed by atoms with Crippen molar-refractivity contribution >= 4 is 28.9 Å². The molecule has 94 valence electrons. The van der Waals surface area contributed by atoms with Crippen LogP contribution < -0.4 is 4.74 Å². The second kappa shape index (κ2) is 5.99. The Morgan fingerprint density at radius 2 is 2.11 bits per heavy atom. The second-order valence-corrected chi connectivity index (χ2v) is 4.85. The molecule has 2 aromatic rings. The molecule has 4 nitrogen and oxygen atoms in total. The zero-order chi connectivity index (χ0) is 13.0. The number of hydrogen-bond acceptors (Lipinski definition) is 3. The van der Waals surface area contributed by atoms with Gasteiger partial charge in [-0.2, -0.15) is 0 Å². The molecule has 0 aliphatic carbocycles. The summed E-state index contributed by atoms with van der Waals surface area (Å²) < 4.78 is 8.00. The average Bonchev–Trinajstić information content (AvgIpc) is 2.73. The minimum absolute atomic E-state index is 0.397. The van der Waals surface area contributed by atoms with Crippen LogP contribution in [0.5, 0.6) is 5.75 Å². The van der Waals surface area contributed by atoms with Crippen molar-refractivity contribution in [3.8, 4) is 5.75 Å². The number of aldehydes is 1. The van der Waals surface area contributed by atoms with E-state index in [0.29, 0.717) is 13.0 Å². The zero-order valence-corrected chi connectivity index (χ0v) is 12.1.